The number of hydrogen-bond acceptors (Lipinski definition) is 0. The molecule has 0 aliphatic heterocycles. The zero-order chi connectivity index (χ0) is 9.42. The van der Waals surface area contributed by atoms with Crippen molar-refractivity contribution < 1.29 is 0 Å². The molecule has 68 valence electrons. The lowest BCUT2D eigenvalue weighted by molar-refractivity contribution is 0.798. The summed E-state index contributed by atoms with van der Waals surface area (Å²) in [5.74, 6) is 0. The molecule has 0 atom stereocenters. The van der Waals surface area contributed by atoms with E-state index in [1.807, 2.05) is 6.07 Å². The fourth-order valence-corrected chi connectivity index (χ4v) is 2.47. The van der Waals surface area contributed by atoms with Gasteiger partial charge in [-0.25, -0.2) is 0 Å². The van der Waals surface area contributed by atoms with Gasteiger partial charge < -0.3 is 4.57 Å². The molecule has 2 rings (SSSR count). The number of halogens is 2. The molecule has 0 N–H and O–H groups in total. The van der Waals surface area contributed by atoms with Crippen molar-refractivity contribution in [3.8, 4) is 0 Å². The standard InChI is InChI=1S/C10H9BrClN/c1-2-13-4-3-7-5-8(11)6-9(12)10(7)13/h3-6H,2H2,1H3. The molecular formula is C10H9BrClN. The number of aromatic nitrogens is 1. The van der Waals surface area contributed by atoms with Gasteiger partial charge in [0.2, 0.25) is 0 Å². The van der Waals surface area contributed by atoms with Crippen molar-refractivity contribution in [1.82, 2.24) is 4.57 Å². The summed E-state index contributed by atoms with van der Waals surface area (Å²) >= 11 is 9.56. The van der Waals surface area contributed by atoms with Crippen LogP contribution in [0.15, 0.2) is 28.9 Å². The first-order chi connectivity index (χ1) is 6.22. The van der Waals surface area contributed by atoms with Gasteiger partial charge in [0, 0.05) is 22.6 Å². The highest BCUT2D eigenvalue weighted by molar-refractivity contribution is 9.10. The molecule has 0 unspecified atom stereocenters. The van der Waals surface area contributed by atoms with Crippen LogP contribution in [0.3, 0.4) is 0 Å². The van der Waals surface area contributed by atoms with Crippen LogP contribution in [0.25, 0.3) is 10.9 Å². The molecule has 0 spiro atoms. The first-order valence-corrected chi connectivity index (χ1v) is 5.33. The van der Waals surface area contributed by atoms with Crippen LogP contribution < -0.4 is 0 Å². The molecule has 1 heterocycles. The number of rotatable bonds is 1. The summed E-state index contributed by atoms with van der Waals surface area (Å²) < 4.78 is 3.17. The van der Waals surface area contributed by atoms with Gasteiger partial charge in [-0.1, -0.05) is 27.5 Å². The topological polar surface area (TPSA) is 4.93 Å². The third-order valence-corrected chi connectivity index (χ3v) is 2.87. The molecule has 1 aromatic heterocycles. The Labute approximate surface area is 90.4 Å². The predicted octanol–water partition coefficient (Wildman–Crippen LogP) is 4.08. The van der Waals surface area contributed by atoms with Gasteiger partial charge in [-0.15, -0.1) is 0 Å². The van der Waals surface area contributed by atoms with E-state index in [4.69, 9.17) is 11.6 Å². The normalized spacial score (nSPS) is 11.0. The van der Waals surface area contributed by atoms with Gasteiger partial charge in [-0.05, 0) is 25.1 Å². The summed E-state index contributed by atoms with van der Waals surface area (Å²) in [5.41, 5.74) is 1.12. The molecule has 0 radical (unpaired) electrons. The van der Waals surface area contributed by atoms with Crippen molar-refractivity contribution in [2.45, 2.75) is 13.5 Å². The van der Waals surface area contributed by atoms with Crippen LogP contribution in [0.5, 0.6) is 0 Å². The van der Waals surface area contributed by atoms with Gasteiger partial charge in [-0.2, -0.15) is 0 Å². The van der Waals surface area contributed by atoms with Crippen LogP contribution in [0, 0.1) is 0 Å². The molecule has 0 aliphatic carbocycles. The maximum absolute atomic E-state index is 6.14. The molecular weight excluding hydrogens is 249 g/mol. The Morgan fingerprint density at radius 1 is 1.46 bits per heavy atom. The maximum atomic E-state index is 6.14. The number of nitrogens with zero attached hydrogens (tertiary/aromatic N) is 1. The summed E-state index contributed by atoms with van der Waals surface area (Å²) in [7, 11) is 0. The van der Waals surface area contributed by atoms with E-state index in [0.717, 1.165) is 21.6 Å². The van der Waals surface area contributed by atoms with Crippen molar-refractivity contribution in [3.63, 3.8) is 0 Å². The van der Waals surface area contributed by atoms with E-state index in [-0.39, 0.29) is 0 Å². The summed E-state index contributed by atoms with van der Waals surface area (Å²) in [4.78, 5) is 0. The van der Waals surface area contributed by atoms with Crippen molar-refractivity contribution in [3.05, 3.63) is 33.9 Å². The van der Waals surface area contributed by atoms with E-state index in [1.165, 1.54) is 5.39 Å². The lowest BCUT2D eigenvalue weighted by atomic mass is 10.2. The van der Waals surface area contributed by atoms with E-state index >= 15 is 0 Å². The van der Waals surface area contributed by atoms with Gasteiger partial charge in [-0.3, -0.25) is 0 Å². The molecule has 0 saturated heterocycles. The van der Waals surface area contributed by atoms with Crippen LogP contribution in [-0.4, -0.2) is 4.57 Å². The van der Waals surface area contributed by atoms with Crippen LogP contribution in [0.4, 0.5) is 0 Å². The molecule has 13 heavy (non-hydrogen) atoms. The van der Waals surface area contributed by atoms with E-state index in [2.05, 4.69) is 45.8 Å². The van der Waals surface area contributed by atoms with Gasteiger partial charge in [0.05, 0.1) is 10.5 Å². The Morgan fingerprint density at radius 2 is 2.23 bits per heavy atom. The fourth-order valence-electron chi connectivity index (χ4n) is 1.52. The molecule has 3 heteroatoms. The lowest BCUT2D eigenvalue weighted by Crippen LogP contribution is -1.90. The zero-order valence-electron chi connectivity index (χ0n) is 7.22. The van der Waals surface area contributed by atoms with Gasteiger partial charge >= 0.3 is 0 Å². The van der Waals surface area contributed by atoms with Crippen LogP contribution in [0.1, 0.15) is 6.92 Å². The number of benzene rings is 1. The average Bonchev–Trinajstić information content (AvgIpc) is 2.47. The largest absolute Gasteiger partial charge is 0.347 e. The molecule has 0 fully saturated rings. The fraction of sp³-hybridized carbons (Fsp3) is 0.200. The number of hydrogen-bond donors (Lipinski definition) is 0. The second kappa shape index (κ2) is 3.35. The third-order valence-electron chi connectivity index (χ3n) is 2.12. The van der Waals surface area contributed by atoms with Crippen molar-refractivity contribution in [2.75, 3.05) is 0 Å². The summed E-state index contributed by atoms with van der Waals surface area (Å²) in [6, 6.07) is 6.08. The SMILES string of the molecule is CCn1ccc2cc(Br)cc(Cl)c21. The monoisotopic (exact) mass is 257 g/mol. The first-order valence-electron chi connectivity index (χ1n) is 4.16. The Morgan fingerprint density at radius 3 is 2.92 bits per heavy atom. The van der Waals surface area contributed by atoms with Gasteiger partial charge in [0.25, 0.3) is 0 Å². The zero-order valence-corrected chi connectivity index (χ0v) is 9.56. The molecule has 0 bridgehead atoms. The third kappa shape index (κ3) is 1.49. The van der Waals surface area contributed by atoms with E-state index in [9.17, 15) is 0 Å². The molecule has 0 amide bonds. The minimum absolute atomic E-state index is 0.802. The van der Waals surface area contributed by atoms with E-state index in [0.29, 0.717) is 0 Å². The molecule has 2 aromatic rings. The second-order valence-corrected chi connectivity index (χ2v) is 4.25. The Kier molecular flexibility index (Phi) is 2.35. The van der Waals surface area contributed by atoms with Crippen molar-refractivity contribution in [2.24, 2.45) is 0 Å². The maximum Gasteiger partial charge on any atom is 0.0670 e. The lowest BCUT2D eigenvalue weighted by Gasteiger charge is -2.02. The second-order valence-electron chi connectivity index (χ2n) is 2.93. The highest BCUT2D eigenvalue weighted by Crippen LogP contribution is 2.28. The highest BCUT2D eigenvalue weighted by atomic mass is 79.9. The van der Waals surface area contributed by atoms with Crippen molar-refractivity contribution >= 4 is 38.4 Å². The summed E-state index contributed by atoms with van der Waals surface area (Å²) in [6.45, 7) is 3.06. The molecule has 1 aromatic carbocycles. The molecule has 1 nitrogen and oxygen atoms in total. The Bertz CT molecular complexity index is 447. The average molecular weight is 259 g/mol. The quantitative estimate of drug-likeness (QED) is 0.726. The van der Waals surface area contributed by atoms with Crippen LogP contribution in [-0.2, 0) is 6.54 Å². The molecule has 0 saturated carbocycles. The minimum Gasteiger partial charge on any atom is -0.347 e. The van der Waals surface area contributed by atoms with E-state index in [1.54, 1.807) is 0 Å². The van der Waals surface area contributed by atoms with Crippen molar-refractivity contribution in [1.29, 1.82) is 0 Å². The minimum atomic E-state index is 0.802. The van der Waals surface area contributed by atoms with E-state index < -0.39 is 0 Å². The van der Waals surface area contributed by atoms with Gasteiger partial charge in [0.1, 0.15) is 0 Å². The van der Waals surface area contributed by atoms with Crippen LogP contribution >= 0.6 is 27.5 Å². The first kappa shape index (κ1) is 9.10. The summed E-state index contributed by atoms with van der Waals surface area (Å²) in [5, 5.41) is 1.98. The predicted molar refractivity (Wildman–Crippen MR) is 60.3 cm³/mol. The molecule has 0 aliphatic rings. The van der Waals surface area contributed by atoms with Gasteiger partial charge in [0.15, 0.2) is 0 Å². The Hall–Kier alpha value is -0.470. The Balaban J connectivity index is 2.82. The smallest absolute Gasteiger partial charge is 0.0670 e. The number of aryl methyl sites for hydroxylation is 1. The summed E-state index contributed by atoms with van der Waals surface area (Å²) in [6.07, 6.45) is 2.06. The number of fused-ring (bicyclic) bond motifs is 1. The highest BCUT2D eigenvalue weighted by Gasteiger charge is 2.04. The van der Waals surface area contributed by atoms with Crippen LogP contribution in [0.2, 0.25) is 5.02 Å².